The largest absolute Gasteiger partial charge is 0.315 e. The van der Waals surface area contributed by atoms with Crippen molar-refractivity contribution in [3.63, 3.8) is 0 Å². The number of rotatable bonds is 7. The van der Waals surface area contributed by atoms with E-state index in [4.69, 9.17) is 0 Å². The lowest BCUT2D eigenvalue weighted by Gasteiger charge is -2.36. The maximum absolute atomic E-state index is 11.8. The molecule has 0 saturated carbocycles. The van der Waals surface area contributed by atoms with Crippen molar-refractivity contribution in [1.82, 2.24) is 14.8 Å². The van der Waals surface area contributed by atoms with E-state index in [0.29, 0.717) is 12.0 Å². The van der Waals surface area contributed by atoms with Crippen molar-refractivity contribution in [2.45, 2.75) is 45.7 Å². The van der Waals surface area contributed by atoms with Gasteiger partial charge in [-0.2, -0.15) is 0 Å². The summed E-state index contributed by atoms with van der Waals surface area (Å²) in [5, 5.41) is 3.58. The Bertz CT molecular complexity index is 469. The normalized spacial score (nSPS) is 20.0. The molecule has 118 valence electrons. The van der Waals surface area contributed by atoms with Crippen LogP contribution in [0.15, 0.2) is 29.2 Å². The van der Waals surface area contributed by atoms with Gasteiger partial charge in [0.25, 0.3) is 5.56 Å². The van der Waals surface area contributed by atoms with Crippen LogP contribution in [0.5, 0.6) is 0 Å². The molecule has 1 saturated heterocycles. The minimum Gasteiger partial charge on any atom is -0.315 e. The highest BCUT2D eigenvalue weighted by Crippen LogP contribution is 2.16. The van der Waals surface area contributed by atoms with Crippen molar-refractivity contribution < 1.29 is 0 Å². The monoisotopic (exact) mass is 291 g/mol. The molecule has 1 aliphatic rings. The van der Waals surface area contributed by atoms with Crippen LogP contribution in [0, 0.1) is 5.92 Å². The van der Waals surface area contributed by atoms with Gasteiger partial charge in [0.1, 0.15) is 0 Å². The van der Waals surface area contributed by atoms with Gasteiger partial charge in [-0.25, -0.2) is 0 Å². The van der Waals surface area contributed by atoms with Gasteiger partial charge in [0.05, 0.1) is 0 Å². The molecule has 4 nitrogen and oxygen atoms in total. The third-order valence-corrected chi connectivity index (χ3v) is 4.21. The molecule has 0 spiro atoms. The molecule has 0 bridgehead atoms. The van der Waals surface area contributed by atoms with E-state index in [1.165, 1.54) is 19.3 Å². The van der Waals surface area contributed by atoms with Crippen LogP contribution in [0.3, 0.4) is 0 Å². The molecule has 0 radical (unpaired) electrons. The number of nitrogens with one attached hydrogen (secondary N) is 1. The molecule has 1 fully saturated rings. The first-order chi connectivity index (χ1) is 10.2. The van der Waals surface area contributed by atoms with Crippen LogP contribution in [0.4, 0.5) is 0 Å². The Balaban J connectivity index is 1.84. The lowest BCUT2D eigenvalue weighted by Crippen LogP contribution is -2.47. The first-order valence-corrected chi connectivity index (χ1v) is 8.27. The van der Waals surface area contributed by atoms with E-state index in [1.807, 2.05) is 16.8 Å². The second kappa shape index (κ2) is 8.35. The number of aromatic nitrogens is 1. The van der Waals surface area contributed by atoms with Gasteiger partial charge in [-0.05, 0) is 37.9 Å². The molecule has 0 aromatic carbocycles. The first kappa shape index (κ1) is 16.2. The van der Waals surface area contributed by atoms with Gasteiger partial charge in [-0.3, -0.25) is 9.69 Å². The van der Waals surface area contributed by atoms with Crippen molar-refractivity contribution in [2.24, 2.45) is 5.92 Å². The molecule has 21 heavy (non-hydrogen) atoms. The maximum atomic E-state index is 11.8. The smallest absolute Gasteiger partial charge is 0.250 e. The van der Waals surface area contributed by atoms with Gasteiger partial charge >= 0.3 is 0 Å². The van der Waals surface area contributed by atoms with Crippen LogP contribution >= 0.6 is 0 Å². The van der Waals surface area contributed by atoms with Crippen molar-refractivity contribution in [3.05, 3.63) is 34.7 Å². The molecule has 1 unspecified atom stereocenters. The lowest BCUT2D eigenvalue weighted by molar-refractivity contribution is 0.139. The zero-order valence-corrected chi connectivity index (χ0v) is 13.4. The van der Waals surface area contributed by atoms with Gasteiger partial charge < -0.3 is 9.88 Å². The molecule has 4 heteroatoms. The molecular weight excluding hydrogens is 262 g/mol. The van der Waals surface area contributed by atoms with Crippen LogP contribution < -0.4 is 10.9 Å². The van der Waals surface area contributed by atoms with E-state index in [-0.39, 0.29) is 5.56 Å². The van der Waals surface area contributed by atoms with Crippen LogP contribution in [-0.2, 0) is 6.54 Å². The topological polar surface area (TPSA) is 37.3 Å². The Morgan fingerprint density at radius 3 is 2.90 bits per heavy atom. The Morgan fingerprint density at radius 2 is 2.14 bits per heavy atom. The van der Waals surface area contributed by atoms with Gasteiger partial charge in [0.15, 0.2) is 0 Å². The zero-order chi connectivity index (χ0) is 15.1. The summed E-state index contributed by atoms with van der Waals surface area (Å²) < 4.78 is 1.81. The average molecular weight is 291 g/mol. The van der Waals surface area contributed by atoms with Gasteiger partial charge in [-0.1, -0.05) is 26.3 Å². The number of nitrogens with zero attached hydrogens (tertiary/aromatic N) is 2. The highest BCUT2D eigenvalue weighted by Gasteiger charge is 2.21. The number of likely N-dealkylation sites (tertiary alicyclic amines) is 1. The van der Waals surface area contributed by atoms with E-state index in [2.05, 4.69) is 24.1 Å². The van der Waals surface area contributed by atoms with Crippen LogP contribution in [0.2, 0.25) is 0 Å². The van der Waals surface area contributed by atoms with E-state index in [9.17, 15) is 4.79 Å². The molecule has 1 N–H and O–H groups in total. The van der Waals surface area contributed by atoms with Gasteiger partial charge in [0.2, 0.25) is 0 Å². The Labute approximate surface area is 128 Å². The fourth-order valence-electron chi connectivity index (χ4n) is 3.01. The Morgan fingerprint density at radius 1 is 1.29 bits per heavy atom. The Kier molecular flexibility index (Phi) is 6.46. The maximum Gasteiger partial charge on any atom is 0.250 e. The van der Waals surface area contributed by atoms with Crippen molar-refractivity contribution in [2.75, 3.05) is 26.2 Å². The molecule has 1 aliphatic heterocycles. The fraction of sp³-hybridized carbons (Fsp3) is 0.706. The number of hydrogen-bond donors (Lipinski definition) is 1. The highest BCUT2D eigenvalue weighted by molar-refractivity contribution is 4.93. The average Bonchev–Trinajstić information content (AvgIpc) is 2.47. The summed E-state index contributed by atoms with van der Waals surface area (Å²) in [6, 6.07) is 5.99. The molecule has 0 amide bonds. The molecular formula is C17H29N3O. The van der Waals surface area contributed by atoms with Crippen LogP contribution in [0.1, 0.15) is 33.1 Å². The standard InChI is InChI=1S/C17H29N3O/c1-15(2)13-18-14-16-7-3-5-9-19(16)11-12-20-10-6-4-8-17(20)21/h4,6,8,10,15-16,18H,3,5,7,9,11-14H2,1-2H3. The second-order valence-electron chi connectivity index (χ2n) is 6.47. The summed E-state index contributed by atoms with van der Waals surface area (Å²) in [7, 11) is 0. The Hall–Kier alpha value is -1.13. The number of piperidine rings is 1. The summed E-state index contributed by atoms with van der Waals surface area (Å²) in [5.41, 5.74) is 0.101. The van der Waals surface area contributed by atoms with E-state index >= 15 is 0 Å². The van der Waals surface area contributed by atoms with Crippen molar-refractivity contribution >= 4 is 0 Å². The van der Waals surface area contributed by atoms with Crippen molar-refractivity contribution in [3.8, 4) is 0 Å². The van der Waals surface area contributed by atoms with Crippen LogP contribution in [-0.4, -0.2) is 41.7 Å². The molecule has 0 aliphatic carbocycles. The molecule has 2 rings (SSSR count). The van der Waals surface area contributed by atoms with E-state index < -0.39 is 0 Å². The minimum atomic E-state index is 0.101. The van der Waals surface area contributed by atoms with Crippen LogP contribution in [0.25, 0.3) is 0 Å². The molecule has 2 heterocycles. The summed E-state index contributed by atoms with van der Waals surface area (Å²) >= 11 is 0. The summed E-state index contributed by atoms with van der Waals surface area (Å²) in [6.07, 6.45) is 5.77. The van der Waals surface area contributed by atoms with Gasteiger partial charge in [-0.15, -0.1) is 0 Å². The first-order valence-electron chi connectivity index (χ1n) is 8.27. The van der Waals surface area contributed by atoms with E-state index in [1.54, 1.807) is 12.1 Å². The third kappa shape index (κ3) is 5.29. The zero-order valence-electron chi connectivity index (χ0n) is 13.4. The third-order valence-electron chi connectivity index (χ3n) is 4.21. The van der Waals surface area contributed by atoms with Gasteiger partial charge in [0, 0.05) is 37.9 Å². The summed E-state index contributed by atoms with van der Waals surface area (Å²) in [6.45, 7) is 9.57. The quantitative estimate of drug-likeness (QED) is 0.834. The molecule has 1 aromatic heterocycles. The highest BCUT2D eigenvalue weighted by atomic mass is 16.1. The van der Waals surface area contributed by atoms with E-state index in [0.717, 1.165) is 32.7 Å². The molecule has 1 aromatic rings. The predicted molar refractivity (Wildman–Crippen MR) is 87.6 cm³/mol. The summed E-state index contributed by atoms with van der Waals surface area (Å²) in [5.74, 6) is 0.699. The second-order valence-corrected chi connectivity index (χ2v) is 6.47. The predicted octanol–water partition coefficient (Wildman–Crippen LogP) is 1.95. The minimum absolute atomic E-state index is 0.101. The number of pyridine rings is 1. The number of hydrogen-bond acceptors (Lipinski definition) is 3. The fourth-order valence-corrected chi connectivity index (χ4v) is 3.01. The SMILES string of the molecule is CC(C)CNCC1CCCCN1CCn1ccccc1=O. The molecule has 1 atom stereocenters. The van der Waals surface area contributed by atoms with Crippen molar-refractivity contribution in [1.29, 1.82) is 0 Å². The lowest BCUT2D eigenvalue weighted by atomic mass is 10.0. The summed E-state index contributed by atoms with van der Waals surface area (Å²) in [4.78, 5) is 14.3.